The van der Waals surface area contributed by atoms with E-state index in [9.17, 15) is 4.79 Å². The van der Waals surface area contributed by atoms with E-state index in [1.54, 1.807) is 4.90 Å². The van der Waals surface area contributed by atoms with Gasteiger partial charge >= 0.3 is 6.09 Å². The Balaban J connectivity index is 1.44. The van der Waals surface area contributed by atoms with Crippen molar-refractivity contribution >= 4 is 6.09 Å². The zero-order chi connectivity index (χ0) is 20.1. The molecule has 0 saturated carbocycles. The van der Waals surface area contributed by atoms with Crippen LogP contribution in [0.3, 0.4) is 0 Å². The normalized spacial score (nSPS) is 16.2. The fourth-order valence-electron chi connectivity index (χ4n) is 3.66. The van der Waals surface area contributed by atoms with Gasteiger partial charge in [-0.1, -0.05) is 67.0 Å². The lowest BCUT2D eigenvalue weighted by molar-refractivity contribution is 0.108. The average Bonchev–Trinajstić information content (AvgIpc) is 3.44. The van der Waals surface area contributed by atoms with Crippen molar-refractivity contribution in [1.82, 2.24) is 10.1 Å². The van der Waals surface area contributed by atoms with E-state index in [1.165, 1.54) is 5.56 Å². The van der Waals surface area contributed by atoms with Crippen molar-refractivity contribution in [3.63, 3.8) is 0 Å². The van der Waals surface area contributed by atoms with Gasteiger partial charge in [-0.3, -0.25) is 0 Å². The summed E-state index contributed by atoms with van der Waals surface area (Å²) in [4.78, 5) is 13.9. The van der Waals surface area contributed by atoms with Crippen molar-refractivity contribution in [2.24, 2.45) is 0 Å². The highest BCUT2D eigenvalue weighted by atomic mass is 16.6. The molecule has 4 rings (SSSR count). The van der Waals surface area contributed by atoms with Gasteiger partial charge < -0.3 is 14.2 Å². The topological polar surface area (TPSA) is 55.6 Å². The van der Waals surface area contributed by atoms with Gasteiger partial charge in [-0.2, -0.15) is 0 Å². The average molecular weight is 390 g/mol. The first kappa shape index (κ1) is 19.2. The number of likely N-dealkylation sites (tertiary alicyclic amines) is 1. The highest BCUT2D eigenvalue weighted by molar-refractivity contribution is 5.71. The number of hydrogen-bond donors (Lipinski definition) is 0. The monoisotopic (exact) mass is 390 g/mol. The van der Waals surface area contributed by atoms with E-state index in [-0.39, 0.29) is 12.0 Å². The fourth-order valence-corrected chi connectivity index (χ4v) is 3.66. The molecular weight excluding hydrogens is 364 g/mol. The van der Waals surface area contributed by atoms with Crippen LogP contribution in [0.1, 0.15) is 37.9 Å². The summed E-state index contributed by atoms with van der Waals surface area (Å²) in [6.07, 6.45) is 2.55. The third-order valence-electron chi connectivity index (χ3n) is 5.37. The molecule has 1 atom stereocenters. The van der Waals surface area contributed by atoms with Crippen molar-refractivity contribution in [2.45, 2.75) is 32.1 Å². The standard InChI is InChI=1S/C24H26N2O3/c1-2-3-14-28-24(27)26-13-12-21(17-26)23-16-22(25-29-23)20-11-7-10-19(15-20)18-8-5-4-6-9-18/h4-11,15-16,21H,2-3,12-14,17H2,1H3. The highest BCUT2D eigenvalue weighted by Crippen LogP contribution is 2.32. The quantitative estimate of drug-likeness (QED) is 0.504. The lowest BCUT2D eigenvalue weighted by Gasteiger charge is -2.15. The molecule has 1 unspecified atom stereocenters. The molecule has 5 nitrogen and oxygen atoms in total. The van der Waals surface area contributed by atoms with Gasteiger partial charge in [-0.05, 0) is 30.0 Å². The molecule has 1 aliphatic rings. The summed E-state index contributed by atoms with van der Waals surface area (Å²) in [5.41, 5.74) is 4.16. The molecule has 0 radical (unpaired) electrons. The maximum Gasteiger partial charge on any atom is 0.409 e. The van der Waals surface area contributed by atoms with Gasteiger partial charge in [0.1, 0.15) is 11.5 Å². The molecule has 29 heavy (non-hydrogen) atoms. The van der Waals surface area contributed by atoms with Crippen LogP contribution in [0.2, 0.25) is 0 Å². The molecule has 1 amide bonds. The van der Waals surface area contributed by atoms with Crippen molar-refractivity contribution in [3.05, 3.63) is 66.4 Å². The minimum Gasteiger partial charge on any atom is -0.449 e. The molecule has 0 spiro atoms. The zero-order valence-electron chi connectivity index (χ0n) is 16.7. The second-order valence-corrected chi connectivity index (χ2v) is 7.46. The molecular formula is C24H26N2O3. The van der Waals surface area contributed by atoms with Crippen LogP contribution in [0.15, 0.2) is 65.2 Å². The first-order chi connectivity index (χ1) is 14.2. The van der Waals surface area contributed by atoms with E-state index in [0.717, 1.165) is 41.8 Å². The van der Waals surface area contributed by atoms with Gasteiger partial charge in [0.05, 0.1) is 6.61 Å². The smallest absolute Gasteiger partial charge is 0.409 e. The van der Waals surface area contributed by atoms with E-state index < -0.39 is 0 Å². The predicted molar refractivity (Wildman–Crippen MR) is 113 cm³/mol. The van der Waals surface area contributed by atoms with Crippen LogP contribution < -0.4 is 0 Å². The van der Waals surface area contributed by atoms with E-state index in [1.807, 2.05) is 36.4 Å². The second kappa shape index (κ2) is 8.95. The van der Waals surface area contributed by atoms with E-state index >= 15 is 0 Å². The van der Waals surface area contributed by atoms with Gasteiger partial charge in [0.25, 0.3) is 0 Å². The Morgan fingerprint density at radius 3 is 2.72 bits per heavy atom. The van der Waals surface area contributed by atoms with Crippen LogP contribution in [0.25, 0.3) is 22.4 Å². The van der Waals surface area contributed by atoms with Crippen molar-refractivity contribution in [1.29, 1.82) is 0 Å². The van der Waals surface area contributed by atoms with Gasteiger partial charge in [-0.15, -0.1) is 0 Å². The number of ether oxygens (including phenoxy) is 1. The molecule has 150 valence electrons. The number of rotatable bonds is 6. The van der Waals surface area contributed by atoms with Crippen LogP contribution >= 0.6 is 0 Å². The Morgan fingerprint density at radius 1 is 1.10 bits per heavy atom. The molecule has 3 aromatic rings. The summed E-state index contributed by atoms with van der Waals surface area (Å²) in [5, 5.41) is 4.29. The van der Waals surface area contributed by atoms with Gasteiger partial charge in [0.2, 0.25) is 0 Å². The van der Waals surface area contributed by atoms with E-state index in [2.05, 4.69) is 36.3 Å². The predicted octanol–water partition coefficient (Wildman–Crippen LogP) is 5.73. The largest absolute Gasteiger partial charge is 0.449 e. The molecule has 0 N–H and O–H groups in total. The second-order valence-electron chi connectivity index (χ2n) is 7.46. The summed E-state index contributed by atoms with van der Waals surface area (Å²) in [6, 6.07) is 20.6. The van der Waals surface area contributed by atoms with Gasteiger partial charge in [-0.25, -0.2) is 4.79 Å². The fraction of sp³-hybridized carbons (Fsp3) is 0.333. The number of benzene rings is 2. The Hall–Kier alpha value is -3.08. The Labute approximate surface area is 171 Å². The van der Waals surface area contributed by atoms with Crippen LogP contribution in [0.5, 0.6) is 0 Å². The van der Waals surface area contributed by atoms with Crippen LogP contribution in [0.4, 0.5) is 4.79 Å². The number of carbonyl (C=O) groups is 1. The number of nitrogens with zero attached hydrogens (tertiary/aromatic N) is 2. The third-order valence-corrected chi connectivity index (χ3v) is 5.37. The minimum atomic E-state index is -0.226. The van der Waals surface area contributed by atoms with Crippen molar-refractivity contribution in [2.75, 3.05) is 19.7 Å². The molecule has 1 aromatic heterocycles. The zero-order valence-corrected chi connectivity index (χ0v) is 16.7. The molecule has 2 aromatic carbocycles. The van der Waals surface area contributed by atoms with E-state index in [0.29, 0.717) is 19.7 Å². The van der Waals surface area contributed by atoms with Crippen LogP contribution in [-0.2, 0) is 4.74 Å². The minimum absolute atomic E-state index is 0.160. The molecule has 0 bridgehead atoms. The number of carbonyl (C=O) groups excluding carboxylic acids is 1. The summed E-state index contributed by atoms with van der Waals surface area (Å²) in [7, 11) is 0. The molecule has 1 fully saturated rings. The summed E-state index contributed by atoms with van der Waals surface area (Å²) in [6.45, 7) is 3.87. The Morgan fingerprint density at radius 2 is 1.90 bits per heavy atom. The lowest BCUT2D eigenvalue weighted by atomic mass is 10.0. The summed E-state index contributed by atoms with van der Waals surface area (Å²) < 4.78 is 11.0. The maximum absolute atomic E-state index is 12.2. The number of aromatic nitrogens is 1. The Kier molecular flexibility index (Phi) is 5.94. The third kappa shape index (κ3) is 4.50. The van der Waals surface area contributed by atoms with Gasteiger partial charge in [0, 0.05) is 30.6 Å². The summed E-state index contributed by atoms with van der Waals surface area (Å²) >= 11 is 0. The molecule has 5 heteroatoms. The lowest BCUT2D eigenvalue weighted by Crippen LogP contribution is -2.29. The highest BCUT2D eigenvalue weighted by Gasteiger charge is 2.30. The van der Waals surface area contributed by atoms with Gasteiger partial charge in [0.15, 0.2) is 0 Å². The van der Waals surface area contributed by atoms with E-state index in [4.69, 9.17) is 9.26 Å². The maximum atomic E-state index is 12.2. The van der Waals surface area contributed by atoms with Crippen molar-refractivity contribution in [3.8, 4) is 22.4 Å². The first-order valence-electron chi connectivity index (χ1n) is 10.3. The van der Waals surface area contributed by atoms with Crippen LogP contribution in [-0.4, -0.2) is 35.8 Å². The molecule has 1 saturated heterocycles. The molecule has 1 aliphatic heterocycles. The SMILES string of the molecule is CCCCOC(=O)N1CCC(c2cc(-c3cccc(-c4ccccc4)c3)no2)C1. The number of unbranched alkanes of at least 4 members (excludes halogenated alkanes) is 1. The van der Waals surface area contributed by atoms with Crippen LogP contribution in [0, 0.1) is 0 Å². The summed E-state index contributed by atoms with van der Waals surface area (Å²) in [5.74, 6) is 0.987. The number of amides is 1. The van der Waals surface area contributed by atoms with Crippen molar-refractivity contribution < 1.29 is 14.1 Å². The Bertz CT molecular complexity index is 952. The first-order valence-corrected chi connectivity index (χ1v) is 10.3. The molecule has 2 heterocycles. The molecule has 0 aliphatic carbocycles. The number of hydrogen-bond acceptors (Lipinski definition) is 4.